The molecule has 1 nitrogen and oxygen atoms in total. The van der Waals surface area contributed by atoms with Gasteiger partial charge in [0.05, 0.1) is 0 Å². The van der Waals surface area contributed by atoms with Crippen molar-refractivity contribution >= 4 is 0 Å². The summed E-state index contributed by atoms with van der Waals surface area (Å²) in [7, 11) is 0. The number of nitrogens with two attached hydrogens (primary N) is 1. The van der Waals surface area contributed by atoms with E-state index in [1.165, 1.54) is 11.1 Å². The molecule has 0 saturated heterocycles. The predicted octanol–water partition coefficient (Wildman–Crippen LogP) is 2.08. The Morgan fingerprint density at radius 2 is 1.67 bits per heavy atom. The van der Waals surface area contributed by atoms with E-state index < -0.39 is 0 Å². The lowest BCUT2D eigenvalue weighted by molar-refractivity contribution is 0.923. The molecule has 0 aliphatic heterocycles. The van der Waals surface area contributed by atoms with Crippen LogP contribution in [0.3, 0.4) is 0 Å². The standard InChI is InChI=1S/C8H17N/c1-4-8(5-2)7(3)6-9/h4-6,9H2,1-3H3. The van der Waals surface area contributed by atoms with Crippen LogP contribution in [0, 0.1) is 0 Å². The highest BCUT2D eigenvalue weighted by Crippen LogP contribution is 2.10. The molecule has 0 saturated carbocycles. The van der Waals surface area contributed by atoms with Crippen LogP contribution in [-0.2, 0) is 0 Å². The van der Waals surface area contributed by atoms with Crippen molar-refractivity contribution in [2.24, 2.45) is 5.73 Å². The van der Waals surface area contributed by atoms with E-state index in [4.69, 9.17) is 5.73 Å². The number of hydrogen-bond acceptors (Lipinski definition) is 1. The molecule has 0 atom stereocenters. The lowest BCUT2D eigenvalue weighted by Crippen LogP contribution is -2.02. The van der Waals surface area contributed by atoms with Crippen molar-refractivity contribution in [3.8, 4) is 0 Å². The minimum absolute atomic E-state index is 0.719. The van der Waals surface area contributed by atoms with Crippen LogP contribution in [0.4, 0.5) is 0 Å². The van der Waals surface area contributed by atoms with Crippen LogP contribution in [0.2, 0.25) is 0 Å². The second kappa shape index (κ2) is 4.57. The summed E-state index contributed by atoms with van der Waals surface area (Å²) in [5, 5.41) is 0. The van der Waals surface area contributed by atoms with E-state index in [2.05, 4.69) is 20.8 Å². The van der Waals surface area contributed by atoms with E-state index in [1.807, 2.05) is 0 Å². The highest BCUT2D eigenvalue weighted by Gasteiger charge is 1.93. The Bertz CT molecular complexity index is 97.1. The molecule has 0 aromatic heterocycles. The molecule has 2 N–H and O–H groups in total. The molecule has 0 rings (SSSR count). The normalized spacial score (nSPS) is 9.33. The smallest absolute Gasteiger partial charge is 0.0136 e. The minimum atomic E-state index is 0.719. The van der Waals surface area contributed by atoms with Crippen molar-refractivity contribution in [2.75, 3.05) is 6.54 Å². The van der Waals surface area contributed by atoms with Gasteiger partial charge >= 0.3 is 0 Å². The Kier molecular flexibility index (Phi) is 4.41. The summed E-state index contributed by atoms with van der Waals surface area (Å²) in [5.41, 5.74) is 8.34. The topological polar surface area (TPSA) is 26.0 Å². The zero-order chi connectivity index (χ0) is 7.28. The maximum Gasteiger partial charge on any atom is 0.0136 e. The molecule has 0 unspecified atom stereocenters. The average Bonchev–Trinajstić information content (AvgIpc) is 1.90. The minimum Gasteiger partial charge on any atom is -0.327 e. The molecule has 0 radical (unpaired) electrons. The quantitative estimate of drug-likeness (QED) is 0.577. The van der Waals surface area contributed by atoms with Gasteiger partial charge in [0.25, 0.3) is 0 Å². The third kappa shape index (κ3) is 2.66. The Morgan fingerprint density at radius 1 is 1.22 bits per heavy atom. The highest BCUT2D eigenvalue weighted by molar-refractivity contribution is 5.11. The number of allylic oxidation sites excluding steroid dienone is 1. The third-order valence-corrected chi connectivity index (χ3v) is 1.76. The zero-order valence-electron chi connectivity index (χ0n) is 6.70. The lowest BCUT2D eigenvalue weighted by atomic mass is 10.1. The average molecular weight is 127 g/mol. The summed E-state index contributed by atoms with van der Waals surface area (Å²) in [6.45, 7) is 7.19. The second-order valence-electron chi connectivity index (χ2n) is 2.30. The Balaban J connectivity index is 4.01. The fourth-order valence-corrected chi connectivity index (χ4v) is 0.998. The molecule has 54 valence electrons. The van der Waals surface area contributed by atoms with Crippen LogP contribution in [0.5, 0.6) is 0 Å². The van der Waals surface area contributed by atoms with Gasteiger partial charge in [-0.05, 0) is 19.8 Å². The Hall–Kier alpha value is -0.300. The molecule has 0 aromatic rings. The van der Waals surface area contributed by atoms with E-state index in [0.717, 1.165) is 19.4 Å². The van der Waals surface area contributed by atoms with Gasteiger partial charge in [-0.2, -0.15) is 0 Å². The van der Waals surface area contributed by atoms with Crippen molar-refractivity contribution in [3.05, 3.63) is 11.1 Å². The summed E-state index contributed by atoms with van der Waals surface area (Å²) in [6.07, 6.45) is 2.30. The van der Waals surface area contributed by atoms with E-state index in [-0.39, 0.29) is 0 Å². The fourth-order valence-electron chi connectivity index (χ4n) is 0.998. The summed E-state index contributed by atoms with van der Waals surface area (Å²) < 4.78 is 0. The van der Waals surface area contributed by atoms with Crippen LogP contribution < -0.4 is 5.73 Å². The first-order chi connectivity index (χ1) is 4.26. The van der Waals surface area contributed by atoms with E-state index in [1.54, 1.807) is 0 Å². The van der Waals surface area contributed by atoms with Crippen molar-refractivity contribution in [1.29, 1.82) is 0 Å². The fraction of sp³-hybridized carbons (Fsp3) is 0.750. The first-order valence-corrected chi connectivity index (χ1v) is 3.63. The van der Waals surface area contributed by atoms with Crippen LogP contribution >= 0.6 is 0 Å². The van der Waals surface area contributed by atoms with Crippen molar-refractivity contribution in [2.45, 2.75) is 33.6 Å². The van der Waals surface area contributed by atoms with Crippen molar-refractivity contribution in [3.63, 3.8) is 0 Å². The lowest BCUT2D eigenvalue weighted by Gasteiger charge is -2.04. The molecule has 0 aliphatic carbocycles. The molecule has 1 heteroatoms. The molecular weight excluding hydrogens is 110 g/mol. The summed E-state index contributed by atoms with van der Waals surface area (Å²) in [5.74, 6) is 0. The van der Waals surface area contributed by atoms with Crippen LogP contribution in [-0.4, -0.2) is 6.54 Å². The number of rotatable bonds is 3. The molecule has 0 aliphatic rings. The first kappa shape index (κ1) is 8.70. The van der Waals surface area contributed by atoms with Gasteiger partial charge in [-0.25, -0.2) is 0 Å². The molecule has 0 bridgehead atoms. The molecule has 0 spiro atoms. The van der Waals surface area contributed by atoms with Crippen molar-refractivity contribution in [1.82, 2.24) is 0 Å². The SMILES string of the molecule is CCC(CC)=C(C)CN. The van der Waals surface area contributed by atoms with Gasteiger partial charge in [0.2, 0.25) is 0 Å². The Labute approximate surface area is 57.9 Å². The van der Waals surface area contributed by atoms with Gasteiger partial charge in [0, 0.05) is 6.54 Å². The van der Waals surface area contributed by atoms with Gasteiger partial charge in [-0.1, -0.05) is 25.0 Å². The molecule has 9 heavy (non-hydrogen) atoms. The molecule has 0 heterocycles. The van der Waals surface area contributed by atoms with Crippen LogP contribution in [0.25, 0.3) is 0 Å². The van der Waals surface area contributed by atoms with E-state index >= 15 is 0 Å². The van der Waals surface area contributed by atoms with Crippen LogP contribution in [0.1, 0.15) is 33.6 Å². The Morgan fingerprint density at radius 3 is 1.78 bits per heavy atom. The second-order valence-corrected chi connectivity index (χ2v) is 2.30. The summed E-state index contributed by atoms with van der Waals surface area (Å²) in [6, 6.07) is 0. The summed E-state index contributed by atoms with van der Waals surface area (Å²) in [4.78, 5) is 0. The molecule has 0 fully saturated rings. The molecular formula is C8H17N. The largest absolute Gasteiger partial charge is 0.327 e. The predicted molar refractivity (Wildman–Crippen MR) is 42.3 cm³/mol. The van der Waals surface area contributed by atoms with E-state index in [0.29, 0.717) is 0 Å². The third-order valence-electron chi connectivity index (χ3n) is 1.76. The molecule has 0 amide bonds. The van der Waals surface area contributed by atoms with Crippen molar-refractivity contribution < 1.29 is 0 Å². The number of hydrogen-bond donors (Lipinski definition) is 1. The zero-order valence-corrected chi connectivity index (χ0v) is 6.70. The van der Waals surface area contributed by atoms with Gasteiger partial charge in [0.15, 0.2) is 0 Å². The highest BCUT2D eigenvalue weighted by atomic mass is 14.5. The van der Waals surface area contributed by atoms with E-state index in [9.17, 15) is 0 Å². The van der Waals surface area contributed by atoms with Crippen LogP contribution in [0.15, 0.2) is 11.1 Å². The van der Waals surface area contributed by atoms with Gasteiger partial charge in [-0.15, -0.1) is 0 Å². The van der Waals surface area contributed by atoms with Gasteiger partial charge < -0.3 is 5.73 Å². The maximum absolute atomic E-state index is 5.47. The van der Waals surface area contributed by atoms with Gasteiger partial charge in [0.1, 0.15) is 0 Å². The first-order valence-electron chi connectivity index (χ1n) is 3.63. The maximum atomic E-state index is 5.47. The summed E-state index contributed by atoms with van der Waals surface area (Å²) >= 11 is 0. The monoisotopic (exact) mass is 127 g/mol. The molecule has 0 aromatic carbocycles. The van der Waals surface area contributed by atoms with Gasteiger partial charge in [-0.3, -0.25) is 0 Å².